The molecule has 3 nitrogen and oxygen atoms in total. The van der Waals surface area contributed by atoms with Crippen molar-refractivity contribution < 1.29 is 4.79 Å². The molecule has 0 heterocycles. The van der Waals surface area contributed by atoms with Gasteiger partial charge in [0.2, 0.25) is 5.91 Å². The number of benzene rings is 2. The van der Waals surface area contributed by atoms with Gasteiger partial charge in [0.25, 0.3) is 0 Å². The fraction of sp³-hybridized carbons (Fsp3) is 0.125. The molecule has 0 aliphatic rings. The lowest BCUT2D eigenvalue weighted by molar-refractivity contribution is -0.115. The lowest BCUT2D eigenvalue weighted by Crippen LogP contribution is -2.22. The fourth-order valence-corrected chi connectivity index (χ4v) is 3.13. The quantitative estimate of drug-likeness (QED) is 0.790. The summed E-state index contributed by atoms with van der Waals surface area (Å²) < 4.78 is 0. The highest BCUT2D eigenvalue weighted by Gasteiger charge is 2.16. The van der Waals surface area contributed by atoms with Crippen molar-refractivity contribution in [2.75, 3.05) is 5.32 Å². The normalized spacial score (nSPS) is 11.5. The Bertz CT molecular complexity index is 743. The first kappa shape index (κ1) is 16.7. The molecule has 0 unspecified atom stereocenters. The first-order chi connectivity index (χ1) is 10.5. The van der Waals surface area contributed by atoms with Gasteiger partial charge in [-0.2, -0.15) is 5.26 Å². The number of anilines is 1. The summed E-state index contributed by atoms with van der Waals surface area (Å²) in [5.74, 6) is -0.170. The third-order valence-electron chi connectivity index (χ3n) is 2.83. The molecule has 112 valence electrons. The summed E-state index contributed by atoms with van der Waals surface area (Å²) in [7, 11) is 0. The second-order valence-electron chi connectivity index (χ2n) is 4.52. The number of carbonyl (C=O) groups is 1. The number of hydrogen-bond donors (Lipinski definition) is 1. The SMILES string of the molecule is C[C@@H](Sc1cc(Cl)ccc1Cl)C(=O)Nc1cccc(C#N)c1. The van der Waals surface area contributed by atoms with E-state index in [0.29, 0.717) is 21.3 Å². The third-order valence-corrected chi connectivity index (χ3v) is 4.66. The molecule has 0 fully saturated rings. The van der Waals surface area contributed by atoms with Gasteiger partial charge in [-0.05, 0) is 43.3 Å². The van der Waals surface area contributed by atoms with E-state index in [4.69, 9.17) is 28.5 Å². The lowest BCUT2D eigenvalue weighted by Gasteiger charge is -2.13. The Hall–Kier alpha value is -1.67. The Kier molecular flexibility index (Phi) is 5.73. The van der Waals surface area contributed by atoms with E-state index in [1.807, 2.05) is 6.07 Å². The van der Waals surface area contributed by atoms with Gasteiger partial charge in [-0.25, -0.2) is 0 Å². The van der Waals surface area contributed by atoms with Crippen LogP contribution in [0.15, 0.2) is 47.4 Å². The van der Waals surface area contributed by atoms with E-state index in [-0.39, 0.29) is 11.2 Å². The molecular weight excluding hydrogens is 339 g/mol. The van der Waals surface area contributed by atoms with E-state index in [9.17, 15) is 4.79 Å². The maximum Gasteiger partial charge on any atom is 0.237 e. The Labute approximate surface area is 143 Å². The fourth-order valence-electron chi connectivity index (χ4n) is 1.72. The minimum Gasteiger partial charge on any atom is -0.325 e. The van der Waals surface area contributed by atoms with E-state index >= 15 is 0 Å². The number of halogens is 2. The van der Waals surface area contributed by atoms with Gasteiger partial charge >= 0.3 is 0 Å². The summed E-state index contributed by atoms with van der Waals surface area (Å²) in [6.45, 7) is 1.78. The molecule has 6 heteroatoms. The largest absolute Gasteiger partial charge is 0.325 e. The molecule has 2 rings (SSSR count). The van der Waals surface area contributed by atoms with Crippen LogP contribution in [-0.2, 0) is 4.79 Å². The number of carbonyl (C=O) groups excluding carboxylic acids is 1. The zero-order valence-corrected chi connectivity index (χ0v) is 14.0. The van der Waals surface area contributed by atoms with Crippen LogP contribution in [0.4, 0.5) is 5.69 Å². The Morgan fingerprint density at radius 1 is 1.27 bits per heavy atom. The van der Waals surface area contributed by atoms with Crippen LogP contribution >= 0.6 is 35.0 Å². The summed E-state index contributed by atoms with van der Waals surface area (Å²) in [6, 6.07) is 13.9. The monoisotopic (exact) mass is 350 g/mol. The molecule has 22 heavy (non-hydrogen) atoms. The highest BCUT2D eigenvalue weighted by Crippen LogP contribution is 2.33. The van der Waals surface area contributed by atoms with Crippen molar-refractivity contribution in [3.8, 4) is 6.07 Å². The third kappa shape index (κ3) is 4.41. The van der Waals surface area contributed by atoms with Crippen LogP contribution in [0.3, 0.4) is 0 Å². The zero-order chi connectivity index (χ0) is 16.1. The van der Waals surface area contributed by atoms with Gasteiger partial charge in [-0.1, -0.05) is 29.3 Å². The molecule has 1 atom stereocenters. The Morgan fingerprint density at radius 3 is 2.77 bits per heavy atom. The Morgan fingerprint density at radius 2 is 2.05 bits per heavy atom. The molecule has 0 saturated heterocycles. The van der Waals surface area contributed by atoms with Gasteiger partial charge in [0.1, 0.15) is 0 Å². The number of nitrogens with one attached hydrogen (secondary N) is 1. The number of amides is 1. The molecule has 0 aliphatic heterocycles. The molecule has 0 saturated carbocycles. The molecule has 0 aliphatic carbocycles. The van der Waals surface area contributed by atoms with Gasteiger partial charge in [-0.15, -0.1) is 11.8 Å². The van der Waals surface area contributed by atoms with Crippen LogP contribution in [0, 0.1) is 11.3 Å². The summed E-state index contributed by atoms with van der Waals surface area (Å²) in [4.78, 5) is 13.0. The molecule has 0 aromatic heterocycles. The Balaban J connectivity index is 2.06. The summed E-state index contributed by atoms with van der Waals surface area (Å²) in [6.07, 6.45) is 0. The molecule has 2 aromatic carbocycles. The molecular formula is C16H12Cl2N2OS. The number of hydrogen-bond acceptors (Lipinski definition) is 3. The van der Waals surface area contributed by atoms with Crippen LogP contribution < -0.4 is 5.32 Å². The lowest BCUT2D eigenvalue weighted by atomic mass is 10.2. The van der Waals surface area contributed by atoms with Crippen LogP contribution in [-0.4, -0.2) is 11.2 Å². The highest BCUT2D eigenvalue weighted by molar-refractivity contribution is 8.00. The summed E-state index contributed by atoms with van der Waals surface area (Å²) in [5.41, 5.74) is 1.09. The van der Waals surface area contributed by atoms with Gasteiger partial charge in [0.05, 0.1) is 21.9 Å². The van der Waals surface area contributed by atoms with Crippen molar-refractivity contribution in [3.05, 3.63) is 58.1 Å². The van der Waals surface area contributed by atoms with Crippen molar-refractivity contribution in [1.82, 2.24) is 0 Å². The number of nitrogens with zero attached hydrogens (tertiary/aromatic N) is 1. The van der Waals surface area contributed by atoms with Crippen molar-refractivity contribution >= 4 is 46.6 Å². The minimum absolute atomic E-state index is 0.170. The molecule has 0 radical (unpaired) electrons. The van der Waals surface area contributed by atoms with Crippen molar-refractivity contribution in [3.63, 3.8) is 0 Å². The van der Waals surface area contributed by atoms with E-state index in [1.165, 1.54) is 11.8 Å². The van der Waals surface area contributed by atoms with Gasteiger partial charge in [0, 0.05) is 15.6 Å². The molecule has 1 N–H and O–H groups in total. The smallest absolute Gasteiger partial charge is 0.237 e. The predicted molar refractivity (Wildman–Crippen MR) is 91.6 cm³/mol. The van der Waals surface area contributed by atoms with E-state index in [1.54, 1.807) is 49.4 Å². The van der Waals surface area contributed by atoms with E-state index < -0.39 is 0 Å². The second-order valence-corrected chi connectivity index (χ2v) is 6.74. The number of rotatable bonds is 4. The zero-order valence-electron chi connectivity index (χ0n) is 11.6. The molecule has 2 aromatic rings. The standard InChI is InChI=1S/C16H12Cl2N2OS/c1-10(22-15-8-12(17)5-6-14(15)18)16(21)20-13-4-2-3-11(7-13)9-19/h2-8,10H,1H3,(H,20,21)/t10-/m1/s1. The van der Waals surface area contributed by atoms with E-state index in [0.717, 1.165) is 4.90 Å². The van der Waals surface area contributed by atoms with Gasteiger partial charge < -0.3 is 5.32 Å². The molecule has 1 amide bonds. The van der Waals surface area contributed by atoms with Crippen LogP contribution in [0.25, 0.3) is 0 Å². The maximum atomic E-state index is 12.2. The predicted octanol–water partition coefficient (Wildman–Crippen LogP) is 4.98. The summed E-state index contributed by atoms with van der Waals surface area (Å²) >= 11 is 13.4. The van der Waals surface area contributed by atoms with Crippen molar-refractivity contribution in [2.45, 2.75) is 17.1 Å². The number of nitriles is 1. The minimum atomic E-state index is -0.360. The van der Waals surface area contributed by atoms with E-state index in [2.05, 4.69) is 5.32 Å². The topological polar surface area (TPSA) is 52.9 Å². The first-order valence-corrected chi connectivity index (χ1v) is 8.06. The average Bonchev–Trinajstić information content (AvgIpc) is 2.51. The number of thioether (sulfide) groups is 1. The van der Waals surface area contributed by atoms with Crippen LogP contribution in [0.2, 0.25) is 10.0 Å². The molecule has 0 bridgehead atoms. The van der Waals surface area contributed by atoms with Gasteiger partial charge in [0.15, 0.2) is 0 Å². The molecule has 0 spiro atoms. The van der Waals surface area contributed by atoms with Gasteiger partial charge in [-0.3, -0.25) is 4.79 Å². The first-order valence-electron chi connectivity index (χ1n) is 6.42. The van der Waals surface area contributed by atoms with Crippen LogP contribution in [0.1, 0.15) is 12.5 Å². The highest BCUT2D eigenvalue weighted by atomic mass is 35.5. The van der Waals surface area contributed by atoms with Crippen molar-refractivity contribution in [2.24, 2.45) is 0 Å². The summed E-state index contributed by atoms with van der Waals surface area (Å²) in [5, 5.41) is 12.4. The van der Waals surface area contributed by atoms with Crippen molar-refractivity contribution in [1.29, 1.82) is 5.26 Å². The maximum absolute atomic E-state index is 12.2. The van der Waals surface area contributed by atoms with Crippen LogP contribution in [0.5, 0.6) is 0 Å². The second kappa shape index (κ2) is 7.55. The average molecular weight is 351 g/mol.